The second-order valence-corrected chi connectivity index (χ2v) is 8.00. The summed E-state index contributed by atoms with van der Waals surface area (Å²) < 4.78 is 0. The fourth-order valence-corrected chi connectivity index (χ4v) is 3.84. The minimum absolute atomic E-state index is 0.0336. The van der Waals surface area contributed by atoms with E-state index in [0.717, 1.165) is 12.2 Å². The average Bonchev–Trinajstić information content (AvgIpc) is 2.96. The van der Waals surface area contributed by atoms with Crippen molar-refractivity contribution >= 4 is 5.69 Å². The highest BCUT2D eigenvalue weighted by molar-refractivity contribution is 5.82. The van der Waals surface area contributed by atoms with Crippen molar-refractivity contribution < 1.29 is 0 Å². The molecule has 0 atom stereocenters. The number of anilines is 1. The normalized spacial score (nSPS) is 14.4. The molecule has 1 N–H and O–H groups in total. The highest BCUT2D eigenvalue weighted by atomic mass is 14.9. The van der Waals surface area contributed by atoms with Crippen molar-refractivity contribution in [3.8, 4) is 11.1 Å². The number of allylic oxidation sites excluding steroid dienone is 6. The summed E-state index contributed by atoms with van der Waals surface area (Å²) in [5, 5.41) is 3.61. The van der Waals surface area contributed by atoms with Crippen LogP contribution in [0, 0.1) is 0 Å². The molecule has 3 rings (SSSR count). The SMILES string of the molecule is C=C/C=C(C)/C(=C/C=C\C)CNc1ccc2c(c1)C(C)(C)c1ccccc1-2.C=CC. The fraction of sp³-hybridized carbons (Fsp3) is 0.241. The molecule has 0 heterocycles. The Morgan fingerprint density at radius 2 is 1.63 bits per heavy atom. The highest BCUT2D eigenvalue weighted by Gasteiger charge is 2.35. The van der Waals surface area contributed by atoms with Gasteiger partial charge in [0.1, 0.15) is 0 Å². The molecule has 0 saturated heterocycles. The van der Waals surface area contributed by atoms with E-state index in [4.69, 9.17) is 0 Å². The molecule has 2 aromatic carbocycles. The molecule has 0 radical (unpaired) electrons. The van der Waals surface area contributed by atoms with Gasteiger partial charge in [-0.15, -0.1) is 6.58 Å². The molecule has 0 unspecified atom stereocenters. The fourth-order valence-electron chi connectivity index (χ4n) is 3.84. The first-order valence-corrected chi connectivity index (χ1v) is 10.6. The zero-order valence-electron chi connectivity index (χ0n) is 19.1. The van der Waals surface area contributed by atoms with E-state index in [-0.39, 0.29) is 5.41 Å². The number of hydrogen-bond donors (Lipinski definition) is 1. The smallest absolute Gasteiger partial charge is 0.0403 e. The quantitative estimate of drug-likeness (QED) is 0.382. The van der Waals surface area contributed by atoms with E-state index >= 15 is 0 Å². The lowest BCUT2D eigenvalue weighted by atomic mass is 9.82. The number of rotatable bonds is 6. The van der Waals surface area contributed by atoms with E-state index in [1.165, 1.54) is 33.4 Å². The van der Waals surface area contributed by atoms with Crippen LogP contribution in [0.4, 0.5) is 5.69 Å². The van der Waals surface area contributed by atoms with Crippen LogP contribution in [0.25, 0.3) is 11.1 Å². The molecule has 0 spiro atoms. The second kappa shape index (κ2) is 10.6. The van der Waals surface area contributed by atoms with Gasteiger partial charge in [0.05, 0.1) is 0 Å². The largest absolute Gasteiger partial charge is 0.381 e. The standard InChI is InChI=1S/C26H29N.C3H6/c1-6-8-12-20(19(3)11-7-2)18-27-21-15-16-23-22-13-9-10-14-24(22)26(4,5)25(23)17-21;1-3-2/h6-17,27H,2,18H2,1,3-5H3;3H,1H2,2H3/b8-6-,19-11+,20-12+;. The summed E-state index contributed by atoms with van der Waals surface area (Å²) in [5.41, 5.74) is 9.21. The third-order valence-corrected chi connectivity index (χ3v) is 5.43. The lowest BCUT2D eigenvalue weighted by molar-refractivity contribution is 0.660. The Morgan fingerprint density at radius 1 is 0.967 bits per heavy atom. The van der Waals surface area contributed by atoms with Crippen molar-refractivity contribution in [2.45, 2.75) is 40.0 Å². The molecule has 0 bridgehead atoms. The monoisotopic (exact) mass is 397 g/mol. The zero-order chi connectivity index (χ0) is 22.1. The molecule has 1 nitrogen and oxygen atoms in total. The van der Waals surface area contributed by atoms with E-state index in [1.807, 2.05) is 19.9 Å². The van der Waals surface area contributed by atoms with Gasteiger partial charge in [0.25, 0.3) is 0 Å². The first-order chi connectivity index (χ1) is 14.4. The van der Waals surface area contributed by atoms with Gasteiger partial charge in [-0.25, -0.2) is 0 Å². The minimum Gasteiger partial charge on any atom is -0.381 e. The molecular weight excluding hydrogens is 362 g/mol. The van der Waals surface area contributed by atoms with Crippen molar-refractivity contribution in [2.24, 2.45) is 0 Å². The van der Waals surface area contributed by atoms with Gasteiger partial charge in [-0.3, -0.25) is 0 Å². The lowest BCUT2D eigenvalue weighted by Crippen LogP contribution is -2.15. The predicted octanol–water partition coefficient (Wildman–Crippen LogP) is 8.23. The van der Waals surface area contributed by atoms with Gasteiger partial charge in [0.2, 0.25) is 0 Å². The van der Waals surface area contributed by atoms with Crippen LogP contribution in [0.5, 0.6) is 0 Å². The van der Waals surface area contributed by atoms with Crippen LogP contribution in [-0.4, -0.2) is 6.54 Å². The van der Waals surface area contributed by atoms with E-state index in [9.17, 15) is 0 Å². The third-order valence-electron chi connectivity index (χ3n) is 5.43. The highest BCUT2D eigenvalue weighted by Crippen LogP contribution is 2.49. The molecule has 0 fully saturated rings. The molecule has 1 heteroatoms. The van der Waals surface area contributed by atoms with Gasteiger partial charge in [-0.1, -0.05) is 87.2 Å². The van der Waals surface area contributed by atoms with Crippen molar-refractivity contribution in [3.63, 3.8) is 0 Å². The average molecular weight is 398 g/mol. The molecule has 0 aliphatic heterocycles. The predicted molar refractivity (Wildman–Crippen MR) is 135 cm³/mol. The molecule has 0 aromatic heterocycles. The summed E-state index contributed by atoms with van der Waals surface area (Å²) in [4.78, 5) is 0. The Bertz CT molecular complexity index is 983. The topological polar surface area (TPSA) is 12.0 Å². The Hall–Kier alpha value is -3.06. The molecule has 0 saturated carbocycles. The van der Waals surface area contributed by atoms with Crippen molar-refractivity contribution in [3.05, 3.63) is 114 Å². The Labute approximate surface area is 183 Å². The second-order valence-electron chi connectivity index (χ2n) is 8.00. The van der Waals surface area contributed by atoms with Gasteiger partial charge in [0, 0.05) is 17.6 Å². The van der Waals surface area contributed by atoms with E-state index < -0.39 is 0 Å². The Morgan fingerprint density at radius 3 is 2.30 bits per heavy atom. The van der Waals surface area contributed by atoms with Gasteiger partial charge >= 0.3 is 0 Å². The summed E-state index contributed by atoms with van der Waals surface area (Å²) in [6.07, 6.45) is 11.9. The molecule has 1 aliphatic carbocycles. The first-order valence-electron chi connectivity index (χ1n) is 10.6. The van der Waals surface area contributed by atoms with E-state index in [2.05, 4.69) is 106 Å². The van der Waals surface area contributed by atoms with Crippen LogP contribution in [-0.2, 0) is 5.41 Å². The van der Waals surface area contributed by atoms with Crippen LogP contribution >= 0.6 is 0 Å². The molecule has 0 amide bonds. The Balaban J connectivity index is 0.00000101. The van der Waals surface area contributed by atoms with Crippen LogP contribution in [0.2, 0.25) is 0 Å². The minimum atomic E-state index is 0.0336. The van der Waals surface area contributed by atoms with Crippen LogP contribution < -0.4 is 5.32 Å². The maximum absolute atomic E-state index is 3.81. The molecule has 1 aliphatic rings. The molecule has 2 aromatic rings. The van der Waals surface area contributed by atoms with Crippen LogP contribution in [0.15, 0.2) is 103 Å². The van der Waals surface area contributed by atoms with Gasteiger partial charge in [0.15, 0.2) is 0 Å². The summed E-state index contributed by atoms with van der Waals surface area (Å²) in [7, 11) is 0. The molecular formula is C29H35N. The maximum atomic E-state index is 3.81. The van der Waals surface area contributed by atoms with Gasteiger partial charge < -0.3 is 5.32 Å². The lowest BCUT2D eigenvalue weighted by Gasteiger charge is -2.22. The Kier molecular flexibility index (Phi) is 8.24. The zero-order valence-corrected chi connectivity index (χ0v) is 19.1. The number of nitrogens with one attached hydrogen (secondary N) is 1. The number of hydrogen-bond acceptors (Lipinski definition) is 1. The summed E-state index contributed by atoms with van der Waals surface area (Å²) >= 11 is 0. The number of fused-ring (bicyclic) bond motifs is 3. The van der Waals surface area contributed by atoms with Crippen molar-refractivity contribution in [1.82, 2.24) is 0 Å². The number of benzene rings is 2. The van der Waals surface area contributed by atoms with Crippen LogP contribution in [0.3, 0.4) is 0 Å². The van der Waals surface area contributed by atoms with Crippen LogP contribution in [0.1, 0.15) is 45.7 Å². The summed E-state index contributed by atoms with van der Waals surface area (Å²) in [5.74, 6) is 0. The molecule has 156 valence electrons. The van der Waals surface area contributed by atoms with E-state index in [1.54, 1.807) is 6.08 Å². The summed E-state index contributed by atoms with van der Waals surface area (Å²) in [6, 6.07) is 15.5. The first kappa shape index (κ1) is 23.2. The maximum Gasteiger partial charge on any atom is 0.0403 e. The third kappa shape index (κ3) is 5.10. The van der Waals surface area contributed by atoms with E-state index in [0.29, 0.717) is 0 Å². The van der Waals surface area contributed by atoms with Gasteiger partial charge in [-0.05, 0) is 66.3 Å². The molecule has 30 heavy (non-hydrogen) atoms. The summed E-state index contributed by atoms with van der Waals surface area (Å²) in [6.45, 7) is 18.6. The van der Waals surface area contributed by atoms with Crippen molar-refractivity contribution in [2.75, 3.05) is 11.9 Å². The van der Waals surface area contributed by atoms with Gasteiger partial charge in [-0.2, -0.15) is 0 Å². The van der Waals surface area contributed by atoms with Crippen molar-refractivity contribution in [1.29, 1.82) is 0 Å².